The lowest BCUT2D eigenvalue weighted by Crippen LogP contribution is -2.18. The Morgan fingerprint density at radius 2 is 2.00 bits per heavy atom. The van der Waals surface area contributed by atoms with Crippen LogP contribution in [0.3, 0.4) is 0 Å². The summed E-state index contributed by atoms with van der Waals surface area (Å²) in [4.78, 5) is 19.7. The van der Waals surface area contributed by atoms with Gasteiger partial charge in [0.15, 0.2) is 6.29 Å². The van der Waals surface area contributed by atoms with Gasteiger partial charge in [0.25, 0.3) is 5.56 Å². The lowest BCUT2D eigenvalue weighted by molar-refractivity contribution is -0.0683. The Balaban J connectivity index is 1.73. The van der Waals surface area contributed by atoms with E-state index >= 15 is 0 Å². The van der Waals surface area contributed by atoms with Gasteiger partial charge in [-0.25, -0.2) is 4.98 Å². The van der Waals surface area contributed by atoms with E-state index in [1.54, 1.807) is 6.07 Å². The van der Waals surface area contributed by atoms with Gasteiger partial charge >= 0.3 is 0 Å². The van der Waals surface area contributed by atoms with Crippen LogP contribution in [0.5, 0.6) is 5.75 Å². The zero-order valence-electron chi connectivity index (χ0n) is 13.2. The molecule has 1 aliphatic rings. The molecule has 4 rings (SSSR count). The van der Waals surface area contributed by atoms with Crippen LogP contribution in [0.4, 0.5) is 0 Å². The van der Waals surface area contributed by atoms with Crippen LogP contribution in [0, 0.1) is 0 Å². The van der Waals surface area contributed by atoms with Crippen molar-refractivity contribution in [2.45, 2.75) is 6.29 Å². The first-order valence-corrected chi connectivity index (χ1v) is 8.65. The second kappa shape index (κ2) is 6.95. The van der Waals surface area contributed by atoms with Gasteiger partial charge in [-0.2, -0.15) is 0 Å². The van der Waals surface area contributed by atoms with Crippen molar-refractivity contribution in [2.24, 2.45) is 0 Å². The summed E-state index contributed by atoms with van der Waals surface area (Å²) in [6, 6.07) is 12.8. The number of benzene rings is 2. The van der Waals surface area contributed by atoms with Crippen molar-refractivity contribution in [2.75, 3.05) is 19.8 Å². The molecule has 0 unspecified atom stereocenters. The Morgan fingerprint density at radius 1 is 1.20 bits per heavy atom. The third kappa shape index (κ3) is 3.44. The van der Waals surface area contributed by atoms with E-state index in [0.717, 1.165) is 4.47 Å². The summed E-state index contributed by atoms with van der Waals surface area (Å²) in [6.45, 7) is 1.41. The molecular weight excluding hydrogens is 388 g/mol. The molecule has 25 heavy (non-hydrogen) atoms. The van der Waals surface area contributed by atoms with Crippen molar-refractivity contribution < 1.29 is 14.2 Å². The first kappa shape index (κ1) is 16.3. The normalized spacial score (nSPS) is 14.9. The zero-order valence-corrected chi connectivity index (χ0v) is 14.8. The van der Waals surface area contributed by atoms with Crippen LogP contribution in [0.15, 0.2) is 51.7 Å². The van der Waals surface area contributed by atoms with Gasteiger partial charge in [-0.3, -0.25) is 4.79 Å². The van der Waals surface area contributed by atoms with E-state index < -0.39 is 0 Å². The molecule has 0 spiro atoms. The molecule has 1 fully saturated rings. The largest absolute Gasteiger partial charge is 0.488 e. The van der Waals surface area contributed by atoms with Crippen LogP contribution >= 0.6 is 15.9 Å². The monoisotopic (exact) mass is 402 g/mol. The minimum atomic E-state index is -0.375. The summed E-state index contributed by atoms with van der Waals surface area (Å²) in [5, 5.41) is 0.552. The number of aromatic amines is 1. The second-order valence-corrected chi connectivity index (χ2v) is 6.47. The summed E-state index contributed by atoms with van der Waals surface area (Å²) in [5.74, 6) is 1.05. The summed E-state index contributed by atoms with van der Waals surface area (Å²) in [7, 11) is 0. The molecule has 2 heterocycles. The maximum Gasteiger partial charge on any atom is 0.259 e. The molecule has 0 radical (unpaired) electrons. The predicted molar refractivity (Wildman–Crippen MR) is 96.7 cm³/mol. The topological polar surface area (TPSA) is 73.4 Å². The highest BCUT2D eigenvalue weighted by molar-refractivity contribution is 9.10. The maximum atomic E-state index is 12.3. The Kier molecular flexibility index (Phi) is 4.52. The van der Waals surface area contributed by atoms with Gasteiger partial charge in [-0.15, -0.1) is 0 Å². The molecule has 0 atom stereocenters. The molecule has 0 bridgehead atoms. The van der Waals surface area contributed by atoms with E-state index in [4.69, 9.17) is 14.2 Å². The Morgan fingerprint density at radius 3 is 2.84 bits per heavy atom. The van der Waals surface area contributed by atoms with E-state index in [1.807, 2.05) is 36.4 Å². The molecule has 1 aliphatic heterocycles. The van der Waals surface area contributed by atoms with Gasteiger partial charge < -0.3 is 19.2 Å². The highest BCUT2D eigenvalue weighted by Gasteiger charge is 2.18. The number of aromatic nitrogens is 2. The zero-order chi connectivity index (χ0) is 17.2. The highest BCUT2D eigenvalue weighted by Crippen LogP contribution is 2.31. The maximum absolute atomic E-state index is 12.3. The predicted octanol–water partition coefficient (Wildman–Crippen LogP) is 3.10. The fourth-order valence-electron chi connectivity index (χ4n) is 2.69. The number of fused-ring (bicyclic) bond motifs is 1. The molecule has 2 aromatic carbocycles. The average molecular weight is 403 g/mol. The smallest absolute Gasteiger partial charge is 0.259 e. The quantitative estimate of drug-likeness (QED) is 0.725. The number of hydrogen-bond acceptors (Lipinski definition) is 5. The lowest BCUT2D eigenvalue weighted by Gasteiger charge is -2.14. The van der Waals surface area contributed by atoms with E-state index in [2.05, 4.69) is 25.9 Å². The van der Waals surface area contributed by atoms with Gasteiger partial charge in [-0.1, -0.05) is 28.1 Å². The van der Waals surface area contributed by atoms with Gasteiger partial charge in [-0.05, 0) is 30.3 Å². The van der Waals surface area contributed by atoms with E-state index in [0.29, 0.717) is 41.3 Å². The van der Waals surface area contributed by atoms with Crippen molar-refractivity contribution in [3.63, 3.8) is 0 Å². The number of ether oxygens (including phenoxy) is 3. The second-order valence-electron chi connectivity index (χ2n) is 5.55. The number of halogens is 1. The Hall–Kier alpha value is -2.22. The van der Waals surface area contributed by atoms with E-state index in [1.165, 1.54) is 0 Å². The van der Waals surface area contributed by atoms with Crippen molar-refractivity contribution >= 4 is 26.8 Å². The summed E-state index contributed by atoms with van der Waals surface area (Å²) in [5.41, 5.74) is 1.14. The third-order valence-corrected chi connectivity index (χ3v) is 4.37. The van der Waals surface area contributed by atoms with Crippen molar-refractivity contribution in [3.05, 3.63) is 57.3 Å². The third-order valence-electron chi connectivity index (χ3n) is 3.88. The van der Waals surface area contributed by atoms with Crippen molar-refractivity contribution in [3.8, 4) is 17.1 Å². The minimum absolute atomic E-state index is 0.186. The van der Waals surface area contributed by atoms with Crippen LogP contribution in [0.2, 0.25) is 0 Å². The standard InChI is InChI=1S/C18H15BrN2O4/c19-11-5-6-15(25-10-16-23-7-8-24-16)13(9-11)17-20-14-4-2-1-3-12(14)18(22)21-17/h1-6,9,16H,7-8,10H2,(H,20,21,22). The summed E-state index contributed by atoms with van der Waals surface area (Å²) < 4.78 is 17.5. The van der Waals surface area contributed by atoms with Crippen LogP contribution in [-0.2, 0) is 9.47 Å². The minimum Gasteiger partial charge on any atom is -0.488 e. The van der Waals surface area contributed by atoms with Gasteiger partial charge in [0.2, 0.25) is 0 Å². The summed E-state index contributed by atoms with van der Waals surface area (Å²) in [6.07, 6.45) is -0.375. The average Bonchev–Trinajstić information content (AvgIpc) is 3.14. The number of H-pyrrole nitrogens is 1. The molecule has 1 aromatic heterocycles. The fraction of sp³-hybridized carbons (Fsp3) is 0.222. The molecule has 0 saturated carbocycles. The van der Waals surface area contributed by atoms with Crippen LogP contribution in [-0.4, -0.2) is 36.1 Å². The van der Waals surface area contributed by atoms with Gasteiger partial charge in [0.05, 0.1) is 29.7 Å². The molecule has 1 N–H and O–H groups in total. The molecule has 1 saturated heterocycles. The number of hydrogen-bond donors (Lipinski definition) is 1. The lowest BCUT2D eigenvalue weighted by atomic mass is 10.1. The number of rotatable bonds is 4. The first-order chi connectivity index (χ1) is 12.2. The van der Waals surface area contributed by atoms with Crippen LogP contribution < -0.4 is 10.3 Å². The highest BCUT2D eigenvalue weighted by atomic mass is 79.9. The van der Waals surface area contributed by atoms with Crippen molar-refractivity contribution in [1.82, 2.24) is 9.97 Å². The molecule has 3 aromatic rings. The Bertz CT molecular complexity index is 967. The van der Waals surface area contributed by atoms with Gasteiger partial charge in [0, 0.05) is 4.47 Å². The Labute approximate surface area is 151 Å². The molecular formula is C18H15BrN2O4. The molecule has 128 valence electrons. The SMILES string of the molecule is O=c1[nH]c(-c2cc(Br)ccc2OCC2OCCO2)nc2ccccc12. The van der Waals surface area contributed by atoms with E-state index in [9.17, 15) is 4.79 Å². The fourth-order valence-corrected chi connectivity index (χ4v) is 3.05. The first-order valence-electron chi connectivity index (χ1n) is 7.86. The van der Waals surface area contributed by atoms with Crippen LogP contribution in [0.25, 0.3) is 22.3 Å². The summed E-state index contributed by atoms with van der Waals surface area (Å²) >= 11 is 3.45. The molecule has 6 nitrogen and oxygen atoms in total. The van der Waals surface area contributed by atoms with Crippen molar-refractivity contribution in [1.29, 1.82) is 0 Å². The molecule has 0 aliphatic carbocycles. The number of para-hydroxylation sites is 1. The van der Waals surface area contributed by atoms with Gasteiger partial charge in [0.1, 0.15) is 18.2 Å². The van der Waals surface area contributed by atoms with E-state index in [-0.39, 0.29) is 18.5 Å². The number of nitrogens with one attached hydrogen (secondary N) is 1. The molecule has 7 heteroatoms. The van der Waals surface area contributed by atoms with Crippen LogP contribution in [0.1, 0.15) is 0 Å². The number of nitrogens with zero attached hydrogens (tertiary/aromatic N) is 1. The molecule has 0 amide bonds.